The molecule has 3 saturated heterocycles. The van der Waals surface area contributed by atoms with Crippen molar-refractivity contribution in [3.63, 3.8) is 0 Å². The topological polar surface area (TPSA) is 99.6 Å². The van der Waals surface area contributed by atoms with Crippen LogP contribution in [0.2, 0.25) is 0 Å². The number of ether oxygens (including phenoxy) is 2. The summed E-state index contributed by atoms with van der Waals surface area (Å²) in [5, 5.41) is 10.5. The number of carbonyl (C=O) groups is 3. The number of likely N-dealkylation sites (tertiary alicyclic amines) is 1. The highest BCUT2D eigenvalue weighted by Gasteiger charge is 2.77. The van der Waals surface area contributed by atoms with Gasteiger partial charge in [-0.1, -0.05) is 48.9 Å². The zero-order valence-corrected chi connectivity index (χ0v) is 26.0. The van der Waals surface area contributed by atoms with Crippen molar-refractivity contribution in [2.45, 2.75) is 62.2 Å². The molecule has 3 aliphatic heterocycles. The van der Waals surface area contributed by atoms with Crippen LogP contribution in [0, 0.1) is 17.8 Å². The molecule has 1 aromatic rings. The lowest BCUT2D eigenvalue weighted by Crippen LogP contribution is -2.60. The molecule has 9 nitrogen and oxygen atoms in total. The van der Waals surface area contributed by atoms with Gasteiger partial charge in [-0.15, -0.1) is 13.2 Å². The molecule has 3 fully saturated rings. The molecule has 3 aliphatic rings. The third-order valence-electron chi connectivity index (χ3n) is 8.68. The largest absolute Gasteiger partial charge is 0.497 e. The second-order valence-corrected chi connectivity index (χ2v) is 12.6. The van der Waals surface area contributed by atoms with E-state index in [-0.39, 0.29) is 41.6 Å². The average molecular weight is 633 g/mol. The van der Waals surface area contributed by atoms with Gasteiger partial charge in [0.1, 0.15) is 17.4 Å². The van der Waals surface area contributed by atoms with Gasteiger partial charge in [0.05, 0.1) is 37.7 Å². The highest BCUT2D eigenvalue weighted by atomic mass is 79.9. The van der Waals surface area contributed by atoms with E-state index in [0.717, 1.165) is 6.42 Å². The van der Waals surface area contributed by atoms with Crippen LogP contribution < -0.4 is 9.64 Å². The zero-order chi connectivity index (χ0) is 30.1. The Morgan fingerprint density at radius 3 is 2.41 bits per heavy atom. The van der Waals surface area contributed by atoms with E-state index < -0.39 is 35.6 Å². The number of hydrogen-bond donors (Lipinski definition) is 1. The molecule has 3 heterocycles. The third-order valence-corrected chi connectivity index (χ3v) is 9.52. The molecule has 1 N–H and O–H groups in total. The summed E-state index contributed by atoms with van der Waals surface area (Å²) in [5.74, 6) is -1.93. The molecule has 0 radical (unpaired) electrons. The Balaban J connectivity index is 1.84. The van der Waals surface area contributed by atoms with E-state index >= 15 is 0 Å². The molecule has 0 aromatic heterocycles. The summed E-state index contributed by atoms with van der Waals surface area (Å²) in [7, 11) is 1.57. The highest BCUT2D eigenvalue weighted by Crippen LogP contribution is 2.61. The Kier molecular flexibility index (Phi) is 9.66. The second kappa shape index (κ2) is 12.7. The minimum Gasteiger partial charge on any atom is -0.497 e. The van der Waals surface area contributed by atoms with Crippen molar-refractivity contribution in [1.29, 1.82) is 0 Å². The number of alkyl halides is 1. The second-order valence-electron chi connectivity index (χ2n) is 11.4. The fourth-order valence-electron chi connectivity index (χ4n) is 6.90. The van der Waals surface area contributed by atoms with Crippen molar-refractivity contribution >= 4 is 39.3 Å². The van der Waals surface area contributed by atoms with Crippen LogP contribution in [0.25, 0.3) is 0 Å². The smallest absolute Gasteiger partial charge is 0.253 e. The van der Waals surface area contributed by atoms with E-state index in [1.807, 2.05) is 20.8 Å². The van der Waals surface area contributed by atoms with E-state index in [1.165, 1.54) is 4.90 Å². The zero-order valence-electron chi connectivity index (χ0n) is 24.4. The first-order chi connectivity index (χ1) is 19.6. The molecular formula is C31H42BrN3O6. The molecule has 3 amide bonds. The van der Waals surface area contributed by atoms with Gasteiger partial charge in [0, 0.05) is 30.1 Å². The average Bonchev–Trinajstić information content (AvgIpc) is 3.55. The first kappa shape index (κ1) is 31.3. The fourth-order valence-corrected chi connectivity index (χ4v) is 7.84. The van der Waals surface area contributed by atoms with Gasteiger partial charge in [-0.3, -0.25) is 14.4 Å². The van der Waals surface area contributed by atoms with Crippen molar-refractivity contribution in [2.24, 2.45) is 17.8 Å². The van der Waals surface area contributed by atoms with Gasteiger partial charge in [0.25, 0.3) is 5.91 Å². The number of hydrogen-bond acceptors (Lipinski definition) is 6. The van der Waals surface area contributed by atoms with Gasteiger partial charge in [-0.2, -0.15) is 0 Å². The number of aliphatic hydroxyl groups excluding tert-OH is 1. The molecule has 224 valence electrons. The molecule has 7 atom stereocenters. The summed E-state index contributed by atoms with van der Waals surface area (Å²) < 4.78 is 12.0. The summed E-state index contributed by atoms with van der Waals surface area (Å²) in [6.07, 6.45) is 3.90. The van der Waals surface area contributed by atoms with E-state index in [0.29, 0.717) is 30.9 Å². The first-order valence-corrected chi connectivity index (χ1v) is 15.2. The number of amides is 3. The van der Waals surface area contributed by atoms with Crippen LogP contribution in [0.5, 0.6) is 5.75 Å². The molecule has 41 heavy (non-hydrogen) atoms. The minimum atomic E-state index is -1.23. The van der Waals surface area contributed by atoms with E-state index in [4.69, 9.17) is 9.47 Å². The van der Waals surface area contributed by atoms with Crippen molar-refractivity contribution < 1.29 is 29.0 Å². The monoisotopic (exact) mass is 631 g/mol. The number of fused-ring (bicyclic) bond motifs is 1. The van der Waals surface area contributed by atoms with E-state index in [2.05, 4.69) is 29.1 Å². The van der Waals surface area contributed by atoms with Gasteiger partial charge >= 0.3 is 0 Å². The summed E-state index contributed by atoms with van der Waals surface area (Å²) in [6.45, 7) is 14.2. The van der Waals surface area contributed by atoms with Crippen LogP contribution in [0.3, 0.4) is 0 Å². The van der Waals surface area contributed by atoms with Gasteiger partial charge in [-0.25, -0.2) is 0 Å². The summed E-state index contributed by atoms with van der Waals surface area (Å²) >= 11 is 3.74. The van der Waals surface area contributed by atoms with Gasteiger partial charge < -0.3 is 29.3 Å². The minimum absolute atomic E-state index is 0.146. The maximum Gasteiger partial charge on any atom is 0.253 e. The summed E-state index contributed by atoms with van der Waals surface area (Å²) in [4.78, 5) is 47.8. The van der Waals surface area contributed by atoms with Gasteiger partial charge in [0.2, 0.25) is 11.8 Å². The van der Waals surface area contributed by atoms with Crippen molar-refractivity contribution in [3.8, 4) is 5.75 Å². The lowest BCUT2D eigenvalue weighted by Gasteiger charge is -2.40. The number of aliphatic hydroxyl groups is 1. The maximum atomic E-state index is 14.7. The molecule has 3 unspecified atom stereocenters. The molecule has 2 bridgehead atoms. The Labute approximate surface area is 251 Å². The lowest BCUT2D eigenvalue weighted by atomic mass is 9.70. The Morgan fingerprint density at radius 1 is 1.22 bits per heavy atom. The number of anilines is 1. The molecule has 4 rings (SSSR count). The van der Waals surface area contributed by atoms with Crippen LogP contribution in [-0.4, -0.2) is 94.6 Å². The number of nitrogens with zero attached hydrogens (tertiary/aromatic N) is 3. The van der Waals surface area contributed by atoms with Crippen LogP contribution in [0.1, 0.15) is 33.6 Å². The number of halogens is 1. The van der Waals surface area contributed by atoms with E-state index in [9.17, 15) is 19.5 Å². The van der Waals surface area contributed by atoms with E-state index in [1.54, 1.807) is 53.3 Å². The Morgan fingerprint density at radius 2 is 1.88 bits per heavy atom. The van der Waals surface area contributed by atoms with Crippen molar-refractivity contribution in [3.05, 3.63) is 49.6 Å². The quantitative estimate of drug-likeness (QED) is 0.265. The van der Waals surface area contributed by atoms with Crippen LogP contribution in [0.15, 0.2) is 49.6 Å². The standard InChI is InChI=1S/C31H42BrN3O6/c1-7-14-33(15-8-2)28(37)24-25-29(38)35(23(18-36)19(4)5)27(31(25)17-22(32)26(24)41-31)30(39)34(16-9-3)20-10-12-21(40-6)13-11-20/h7,9-13,19,22-27,36H,1,3,8,14-18H2,2,4-6H3/t22?,23-,24+,25-,26+,27?,31?/m0/s1. The summed E-state index contributed by atoms with van der Waals surface area (Å²) in [5.41, 5.74) is -0.614. The van der Waals surface area contributed by atoms with Crippen LogP contribution >= 0.6 is 15.9 Å². The van der Waals surface area contributed by atoms with Gasteiger partial charge in [-0.05, 0) is 43.0 Å². The first-order valence-electron chi connectivity index (χ1n) is 14.3. The SMILES string of the molecule is C=CCN(CCC)C(=O)[C@H]1[C@@H]2OC3(CC2Br)C(C(=O)N(CC=C)c2ccc(OC)cc2)N([C@@H](CO)C(C)C)C(=O)[C@H]13. The number of carbonyl (C=O) groups excluding carboxylic acids is 3. The van der Waals surface area contributed by atoms with Crippen molar-refractivity contribution in [2.75, 3.05) is 38.3 Å². The third kappa shape index (κ3) is 5.23. The predicted molar refractivity (Wildman–Crippen MR) is 161 cm³/mol. The fraction of sp³-hybridized carbons (Fsp3) is 0.581. The Bertz CT molecular complexity index is 1160. The molecule has 0 saturated carbocycles. The molecule has 10 heteroatoms. The Hall–Kier alpha value is -2.69. The normalized spacial score (nSPS) is 28.9. The molecule has 1 spiro atoms. The van der Waals surface area contributed by atoms with Crippen LogP contribution in [-0.2, 0) is 19.1 Å². The summed E-state index contributed by atoms with van der Waals surface area (Å²) in [6, 6.07) is 5.43. The van der Waals surface area contributed by atoms with Gasteiger partial charge in [0.15, 0.2) is 0 Å². The predicted octanol–water partition coefficient (Wildman–Crippen LogP) is 3.40. The van der Waals surface area contributed by atoms with Crippen LogP contribution in [0.4, 0.5) is 5.69 Å². The molecular weight excluding hydrogens is 590 g/mol. The van der Waals surface area contributed by atoms with Crippen molar-refractivity contribution in [1.82, 2.24) is 9.80 Å². The highest BCUT2D eigenvalue weighted by molar-refractivity contribution is 9.09. The number of methoxy groups -OCH3 is 1. The maximum absolute atomic E-state index is 14.7. The lowest BCUT2D eigenvalue weighted by molar-refractivity contribution is -0.148. The number of benzene rings is 1. The molecule has 0 aliphatic carbocycles. The number of rotatable bonds is 13. The molecule has 1 aromatic carbocycles.